The summed E-state index contributed by atoms with van der Waals surface area (Å²) < 4.78 is 5.28. The molecule has 2 N–H and O–H groups in total. The van der Waals surface area contributed by atoms with E-state index in [2.05, 4.69) is 15.6 Å². The molecule has 0 saturated heterocycles. The minimum absolute atomic E-state index is 0.0736. The Morgan fingerprint density at radius 1 is 1.04 bits per heavy atom. The van der Waals surface area contributed by atoms with Crippen molar-refractivity contribution in [2.24, 2.45) is 0 Å². The minimum Gasteiger partial charge on any atom is -0.478 e. The van der Waals surface area contributed by atoms with E-state index in [0.717, 1.165) is 0 Å². The first-order valence-electron chi connectivity index (χ1n) is 7.54. The highest BCUT2D eigenvalue weighted by Crippen LogP contribution is 2.20. The number of nitrogens with one attached hydrogen (secondary N) is 2. The molecule has 0 unspecified atom stereocenters. The van der Waals surface area contributed by atoms with Gasteiger partial charge in [-0.15, -0.1) is 0 Å². The number of pyridine rings is 1. The molecule has 2 aromatic rings. The maximum absolute atomic E-state index is 12.3. The summed E-state index contributed by atoms with van der Waals surface area (Å²) in [7, 11) is 0. The Balaban J connectivity index is 2.09. The first-order valence-corrected chi connectivity index (χ1v) is 7.92. The predicted molar refractivity (Wildman–Crippen MR) is 93.7 cm³/mol. The van der Waals surface area contributed by atoms with Crippen LogP contribution < -0.4 is 15.4 Å². The van der Waals surface area contributed by atoms with Crippen LogP contribution in [0.3, 0.4) is 0 Å². The van der Waals surface area contributed by atoms with E-state index >= 15 is 0 Å². The van der Waals surface area contributed by atoms with E-state index in [9.17, 15) is 9.59 Å². The number of hydrogen-bond acceptors (Lipinski definition) is 4. The fourth-order valence-corrected chi connectivity index (χ4v) is 2.08. The molecule has 126 valence electrons. The van der Waals surface area contributed by atoms with Gasteiger partial charge in [-0.3, -0.25) is 9.59 Å². The molecular weight excluding hydrogens is 330 g/mol. The summed E-state index contributed by atoms with van der Waals surface area (Å²) >= 11 is 6.03. The van der Waals surface area contributed by atoms with Gasteiger partial charge < -0.3 is 15.4 Å². The number of amides is 2. The molecule has 2 amide bonds. The lowest BCUT2D eigenvalue weighted by molar-refractivity contribution is -0.115. The Labute approximate surface area is 145 Å². The van der Waals surface area contributed by atoms with Crippen molar-refractivity contribution in [2.75, 3.05) is 17.2 Å². The van der Waals surface area contributed by atoms with Gasteiger partial charge in [0.25, 0.3) is 5.91 Å². The van der Waals surface area contributed by atoms with E-state index in [-0.39, 0.29) is 16.6 Å². The quantitative estimate of drug-likeness (QED) is 0.834. The molecule has 6 nitrogen and oxygen atoms in total. The zero-order chi connectivity index (χ0) is 17.5. The molecule has 0 aliphatic carbocycles. The highest BCUT2D eigenvalue weighted by molar-refractivity contribution is 6.34. The highest BCUT2D eigenvalue weighted by atomic mass is 35.5. The Kier molecular flexibility index (Phi) is 6.14. The van der Waals surface area contributed by atoms with Gasteiger partial charge in [0.1, 0.15) is 0 Å². The third-order valence-electron chi connectivity index (χ3n) is 3.08. The summed E-state index contributed by atoms with van der Waals surface area (Å²) in [5.74, 6) is -0.174. The standard InChI is InChI=1S/C17H18ClN3O3/c1-3-14(22)19-11-5-7-12(8-6-11)20-17(23)16-13(18)9-10-15(21-16)24-4-2/h5-10H,3-4H2,1-2H3,(H,19,22)(H,20,23). The fraction of sp³-hybridized carbons (Fsp3) is 0.235. The molecule has 1 aromatic heterocycles. The van der Waals surface area contributed by atoms with Gasteiger partial charge in [0.15, 0.2) is 5.69 Å². The first kappa shape index (κ1) is 17.7. The summed E-state index contributed by atoms with van der Waals surface area (Å²) in [6, 6.07) is 9.95. The molecule has 0 spiro atoms. The van der Waals surface area contributed by atoms with Gasteiger partial charge in [-0.2, -0.15) is 0 Å². The molecule has 1 heterocycles. The Hall–Kier alpha value is -2.60. The Bertz CT molecular complexity index is 732. The molecule has 7 heteroatoms. The van der Waals surface area contributed by atoms with Crippen molar-refractivity contribution in [1.82, 2.24) is 4.98 Å². The van der Waals surface area contributed by atoms with Crippen LogP contribution in [0.5, 0.6) is 5.88 Å². The Morgan fingerprint density at radius 3 is 2.25 bits per heavy atom. The van der Waals surface area contributed by atoms with E-state index in [1.807, 2.05) is 6.92 Å². The molecule has 0 aliphatic rings. The van der Waals surface area contributed by atoms with Crippen molar-refractivity contribution in [3.63, 3.8) is 0 Å². The van der Waals surface area contributed by atoms with Crippen LogP contribution in [-0.2, 0) is 4.79 Å². The largest absolute Gasteiger partial charge is 0.478 e. The van der Waals surface area contributed by atoms with Crippen LogP contribution in [0.4, 0.5) is 11.4 Å². The van der Waals surface area contributed by atoms with Gasteiger partial charge >= 0.3 is 0 Å². The molecule has 2 rings (SSSR count). The summed E-state index contributed by atoms with van der Waals surface area (Å²) in [4.78, 5) is 27.8. The van der Waals surface area contributed by atoms with Crippen molar-refractivity contribution in [3.05, 3.63) is 47.1 Å². The van der Waals surface area contributed by atoms with Gasteiger partial charge in [0, 0.05) is 23.9 Å². The van der Waals surface area contributed by atoms with E-state index in [4.69, 9.17) is 16.3 Å². The van der Waals surface area contributed by atoms with E-state index in [1.165, 1.54) is 0 Å². The second-order valence-corrected chi connectivity index (χ2v) is 5.25. The van der Waals surface area contributed by atoms with Gasteiger partial charge in [-0.1, -0.05) is 18.5 Å². The zero-order valence-corrected chi connectivity index (χ0v) is 14.2. The second-order valence-electron chi connectivity index (χ2n) is 4.85. The van der Waals surface area contributed by atoms with Crippen molar-refractivity contribution < 1.29 is 14.3 Å². The molecule has 0 fully saturated rings. The lowest BCUT2D eigenvalue weighted by Crippen LogP contribution is -2.15. The second kappa shape index (κ2) is 8.31. The van der Waals surface area contributed by atoms with Crippen molar-refractivity contribution in [2.45, 2.75) is 20.3 Å². The van der Waals surface area contributed by atoms with E-state index in [0.29, 0.717) is 30.3 Å². The van der Waals surface area contributed by atoms with E-state index < -0.39 is 5.91 Å². The van der Waals surface area contributed by atoms with Crippen LogP contribution in [0, 0.1) is 0 Å². The third-order valence-corrected chi connectivity index (χ3v) is 3.38. The van der Waals surface area contributed by atoms with Crippen molar-refractivity contribution >= 4 is 34.8 Å². The summed E-state index contributed by atoms with van der Waals surface area (Å²) in [6.45, 7) is 4.05. The topological polar surface area (TPSA) is 80.3 Å². The minimum atomic E-state index is -0.438. The zero-order valence-electron chi connectivity index (χ0n) is 13.4. The first-order chi connectivity index (χ1) is 11.5. The third kappa shape index (κ3) is 4.70. The molecule has 0 bridgehead atoms. The van der Waals surface area contributed by atoms with Crippen molar-refractivity contribution in [1.29, 1.82) is 0 Å². The molecule has 0 aliphatic heterocycles. The SMILES string of the molecule is CCOc1ccc(Cl)c(C(=O)Nc2ccc(NC(=O)CC)cc2)n1. The number of halogens is 1. The number of rotatable bonds is 6. The smallest absolute Gasteiger partial charge is 0.275 e. The van der Waals surface area contributed by atoms with Crippen LogP contribution in [0.1, 0.15) is 30.8 Å². The van der Waals surface area contributed by atoms with Gasteiger partial charge in [-0.05, 0) is 37.3 Å². The van der Waals surface area contributed by atoms with E-state index in [1.54, 1.807) is 43.3 Å². The van der Waals surface area contributed by atoms with Gasteiger partial charge in [-0.25, -0.2) is 4.98 Å². The number of hydrogen-bond donors (Lipinski definition) is 2. The normalized spacial score (nSPS) is 10.1. The highest BCUT2D eigenvalue weighted by Gasteiger charge is 2.14. The van der Waals surface area contributed by atoms with Crippen LogP contribution in [0.15, 0.2) is 36.4 Å². The molecular formula is C17H18ClN3O3. The maximum Gasteiger partial charge on any atom is 0.275 e. The molecule has 0 radical (unpaired) electrons. The average Bonchev–Trinajstić information content (AvgIpc) is 2.58. The lowest BCUT2D eigenvalue weighted by Gasteiger charge is -2.09. The fourth-order valence-electron chi connectivity index (χ4n) is 1.89. The summed E-state index contributed by atoms with van der Waals surface area (Å²) in [5, 5.41) is 5.68. The van der Waals surface area contributed by atoms with Crippen LogP contribution in [-0.4, -0.2) is 23.4 Å². The molecule has 1 aromatic carbocycles. The molecule has 24 heavy (non-hydrogen) atoms. The predicted octanol–water partition coefficient (Wildman–Crippen LogP) is 3.73. The maximum atomic E-state index is 12.3. The van der Waals surface area contributed by atoms with Crippen LogP contribution in [0.2, 0.25) is 5.02 Å². The molecule has 0 atom stereocenters. The lowest BCUT2D eigenvalue weighted by atomic mass is 10.2. The van der Waals surface area contributed by atoms with Crippen molar-refractivity contribution in [3.8, 4) is 5.88 Å². The summed E-state index contributed by atoms with van der Waals surface area (Å²) in [6.07, 6.45) is 0.402. The monoisotopic (exact) mass is 347 g/mol. The number of carbonyl (C=O) groups is 2. The number of ether oxygens (including phenoxy) is 1. The van der Waals surface area contributed by atoms with Crippen LogP contribution in [0.25, 0.3) is 0 Å². The Morgan fingerprint density at radius 2 is 1.67 bits per heavy atom. The van der Waals surface area contributed by atoms with Crippen LogP contribution >= 0.6 is 11.6 Å². The number of carbonyl (C=O) groups excluding carboxylic acids is 2. The number of anilines is 2. The molecule has 0 saturated carbocycles. The average molecular weight is 348 g/mol. The number of benzene rings is 1. The number of nitrogens with zero attached hydrogens (tertiary/aromatic N) is 1. The summed E-state index contributed by atoms with van der Waals surface area (Å²) in [5.41, 5.74) is 1.31. The number of aromatic nitrogens is 1. The van der Waals surface area contributed by atoms with Gasteiger partial charge in [0.05, 0.1) is 11.6 Å². The van der Waals surface area contributed by atoms with Gasteiger partial charge in [0.2, 0.25) is 11.8 Å².